The maximum atomic E-state index is 11.5. The molecular formula is C14H20ClNO2. The van der Waals surface area contributed by atoms with Crippen molar-refractivity contribution in [3.8, 4) is 0 Å². The number of benzene rings is 1. The van der Waals surface area contributed by atoms with Gasteiger partial charge in [-0.3, -0.25) is 4.79 Å². The zero-order valence-electron chi connectivity index (χ0n) is 11.1. The van der Waals surface area contributed by atoms with Crippen LogP contribution < -0.4 is 5.32 Å². The molecule has 1 unspecified atom stereocenters. The van der Waals surface area contributed by atoms with E-state index in [1.807, 2.05) is 45.0 Å². The number of ether oxygens (including phenoxy) is 1. The van der Waals surface area contributed by atoms with E-state index in [1.165, 1.54) is 0 Å². The topological polar surface area (TPSA) is 38.3 Å². The fourth-order valence-corrected chi connectivity index (χ4v) is 1.96. The van der Waals surface area contributed by atoms with Crippen molar-refractivity contribution >= 4 is 17.6 Å². The quantitative estimate of drug-likeness (QED) is 0.806. The normalized spacial score (nSPS) is 14.0. The summed E-state index contributed by atoms with van der Waals surface area (Å²) in [4.78, 5) is 11.5. The average Bonchev–Trinajstić information content (AvgIpc) is 2.36. The number of esters is 1. The molecule has 100 valence electrons. The monoisotopic (exact) mass is 269 g/mol. The Morgan fingerprint density at radius 3 is 2.67 bits per heavy atom. The Hall–Kier alpha value is -1.06. The minimum Gasteiger partial charge on any atom is -0.466 e. The number of carbonyl (C=O) groups is 1. The summed E-state index contributed by atoms with van der Waals surface area (Å²) in [6, 6.07) is 7.81. The third-order valence-electron chi connectivity index (χ3n) is 2.79. The average molecular weight is 270 g/mol. The van der Waals surface area contributed by atoms with Crippen LogP contribution in [-0.2, 0) is 9.53 Å². The van der Waals surface area contributed by atoms with E-state index in [1.54, 1.807) is 0 Å². The Morgan fingerprint density at radius 1 is 1.39 bits per heavy atom. The summed E-state index contributed by atoms with van der Waals surface area (Å²) in [7, 11) is 0. The summed E-state index contributed by atoms with van der Waals surface area (Å²) < 4.78 is 4.96. The first kappa shape index (κ1) is 15.0. The van der Waals surface area contributed by atoms with Crippen LogP contribution in [0.3, 0.4) is 0 Å². The molecule has 0 fully saturated rings. The molecule has 1 aromatic rings. The van der Waals surface area contributed by atoms with E-state index in [4.69, 9.17) is 16.3 Å². The van der Waals surface area contributed by atoms with Crippen LogP contribution >= 0.6 is 11.6 Å². The van der Waals surface area contributed by atoms with Crippen molar-refractivity contribution in [3.63, 3.8) is 0 Å². The van der Waals surface area contributed by atoms with Gasteiger partial charge >= 0.3 is 5.97 Å². The predicted molar refractivity (Wildman–Crippen MR) is 73.7 cm³/mol. The Balaban J connectivity index is 2.49. The first-order valence-electron chi connectivity index (χ1n) is 6.20. The molecule has 0 heterocycles. The van der Waals surface area contributed by atoms with Crippen LogP contribution in [0.5, 0.6) is 0 Å². The molecule has 1 aromatic carbocycles. The van der Waals surface area contributed by atoms with Crippen molar-refractivity contribution in [2.24, 2.45) is 5.92 Å². The van der Waals surface area contributed by atoms with E-state index in [9.17, 15) is 4.79 Å². The second-order valence-corrected chi connectivity index (χ2v) is 4.71. The standard InChI is InChI=1S/C14H20ClNO2/c1-4-18-14(17)10(2)9-16-11(3)12-7-5-6-8-13(12)15/h5-8,10-11,16H,4,9H2,1-3H3/t10?,11-/m0/s1. The van der Waals surface area contributed by atoms with Crippen LogP contribution in [0.2, 0.25) is 5.02 Å². The first-order valence-corrected chi connectivity index (χ1v) is 6.58. The fourth-order valence-electron chi connectivity index (χ4n) is 1.66. The van der Waals surface area contributed by atoms with Crippen LogP contribution in [0.25, 0.3) is 0 Å². The van der Waals surface area contributed by atoms with Crippen molar-refractivity contribution in [2.75, 3.05) is 13.2 Å². The molecule has 0 radical (unpaired) electrons. The van der Waals surface area contributed by atoms with E-state index >= 15 is 0 Å². The molecule has 18 heavy (non-hydrogen) atoms. The fraction of sp³-hybridized carbons (Fsp3) is 0.500. The van der Waals surface area contributed by atoms with Gasteiger partial charge < -0.3 is 10.1 Å². The van der Waals surface area contributed by atoms with Crippen molar-refractivity contribution in [2.45, 2.75) is 26.8 Å². The molecule has 3 nitrogen and oxygen atoms in total. The van der Waals surface area contributed by atoms with Gasteiger partial charge in [0.2, 0.25) is 0 Å². The smallest absolute Gasteiger partial charge is 0.309 e. The highest BCUT2D eigenvalue weighted by Gasteiger charge is 2.16. The van der Waals surface area contributed by atoms with Crippen LogP contribution in [0.15, 0.2) is 24.3 Å². The minimum absolute atomic E-state index is 0.107. The molecule has 0 bridgehead atoms. The van der Waals surface area contributed by atoms with Gasteiger partial charge in [-0.2, -0.15) is 0 Å². The van der Waals surface area contributed by atoms with Gasteiger partial charge in [-0.1, -0.05) is 36.7 Å². The summed E-state index contributed by atoms with van der Waals surface area (Å²) in [5, 5.41) is 4.03. The number of rotatable bonds is 6. The van der Waals surface area contributed by atoms with E-state index in [0.29, 0.717) is 13.2 Å². The lowest BCUT2D eigenvalue weighted by Gasteiger charge is -2.18. The molecule has 0 aliphatic heterocycles. The molecule has 0 spiro atoms. The van der Waals surface area contributed by atoms with E-state index in [-0.39, 0.29) is 17.9 Å². The van der Waals surface area contributed by atoms with Crippen molar-refractivity contribution < 1.29 is 9.53 Å². The lowest BCUT2D eigenvalue weighted by atomic mass is 10.1. The SMILES string of the molecule is CCOC(=O)C(C)CN[C@@H](C)c1ccccc1Cl. The molecule has 0 amide bonds. The molecule has 0 aliphatic rings. The van der Waals surface area contributed by atoms with E-state index in [2.05, 4.69) is 5.32 Å². The minimum atomic E-state index is -0.170. The Bertz CT molecular complexity index is 395. The van der Waals surface area contributed by atoms with Crippen LogP contribution in [-0.4, -0.2) is 19.1 Å². The van der Waals surface area contributed by atoms with Gasteiger partial charge in [0, 0.05) is 17.6 Å². The molecule has 0 aliphatic carbocycles. The van der Waals surface area contributed by atoms with Crippen molar-refractivity contribution in [1.82, 2.24) is 5.32 Å². The lowest BCUT2D eigenvalue weighted by molar-refractivity contribution is -0.147. The first-order chi connectivity index (χ1) is 8.56. The van der Waals surface area contributed by atoms with Gasteiger partial charge in [0.25, 0.3) is 0 Å². The number of carbonyl (C=O) groups excluding carboxylic acids is 1. The zero-order valence-corrected chi connectivity index (χ0v) is 11.8. The molecule has 1 rings (SSSR count). The summed E-state index contributed by atoms with van der Waals surface area (Å²) in [6.45, 7) is 6.68. The van der Waals surface area contributed by atoms with Crippen LogP contribution in [0, 0.1) is 5.92 Å². The van der Waals surface area contributed by atoms with Crippen LogP contribution in [0.4, 0.5) is 0 Å². The van der Waals surface area contributed by atoms with Crippen molar-refractivity contribution in [3.05, 3.63) is 34.9 Å². The summed E-state index contributed by atoms with van der Waals surface area (Å²) in [5.74, 6) is -0.328. The van der Waals surface area contributed by atoms with Gasteiger partial charge in [0.1, 0.15) is 0 Å². The van der Waals surface area contributed by atoms with Gasteiger partial charge in [0.05, 0.1) is 12.5 Å². The van der Waals surface area contributed by atoms with Gasteiger partial charge in [-0.05, 0) is 25.5 Å². The Kier molecular flexibility index (Phi) is 6.16. The summed E-state index contributed by atoms with van der Waals surface area (Å²) in [5.41, 5.74) is 1.04. The molecular weight excluding hydrogens is 250 g/mol. The maximum absolute atomic E-state index is 11.5. The molecule has 1 N–H and O–H groups in total. The molecule has 2 atom stereocenters. The lowest BCUT2D eigenvalue weighted by Crippen LogP contribution is -2.29. The number of hydrogen-bond acceptors (Lipinski definition) is 3. The van der Waals surface area contributed by atoms with Crippen molar-refractivity contribution in [1.29, 1.82) is 0 Å². The maximum Gasteiger partial charge on any atom is 0.309 e. The Morgan fingerprint density at radius 2 is 2.06 bits per heavy atom. The number of halogens is 1. The molecule has 0 aromatic heterocycles. The summed E-state index contributed by atoms with van der Waals surface area (Å²) in [6.07, 6.45) is 0. The van der Waals surface area contributed by atoms with Crippen LogP contribution in [0.1, 0.15) is 32.4 Å². The largest absolute Gasteiger partial charge is 0.466 e. The highest BCUT2D eigenvalue weighted by atomic mass is 35.5. The second kappa shape index (κ2) is 7.39. The number of nitrogens with one attached hydrogen (secondary N) is 1. The Labute approximate surface area is 113 Å². The predicted octanol–water partition coefficient (Wildman–Crippen LogP) is 3.19. The van der Waals surface area contributed by atoms with E-state index < -0.39 is 0 Å². The second-order valence-electron chi connectivity index (χ2n) is 4.30. The van der Waals surface area contributed by atoms with E-state index in [0.717, 1.165) is 10.6 Å². The highest BCUT2D eigenvalue weighted by molar-refractivity contribution is 6.31. The highest BCUT2D eigenvalue weighted by Crippen LogP contribution is 2.22. The molecule has 4 heteroatoms. The summed E-state index contributed by atoms with van der Waals surface area (Å²) >= 11 is 6.12. The van der Waals surface area contributed by atoms with Gasteiger partial charge in [-0.15, -0.1) is 0 Å². The molecule has 0 saturated heterocycles. The zero-order chi connectivity index (χ0) is 13.5. The van der Waals surface area contributed by atoms with Gasteiger partial charge in [0.15, 0.2) is 0 Å². The third-order valence-corrected chi connectivity index (χ3v) is 3.14. The molecule has 0 saturated carbocycles. The van der Waals surface area contributed by atoms with Gasteiger partial charge in [-0.25, -0.2) is 0 Å². The third kappa shape index (κ3) is 4.31. The number of hydrogen-bond donors (Lipinski definition) is 1.